The second kappa shape index (κ2) is 7.61. The third-order valence-corrected chi connectivity index (χ3v) is 6.10. The van der Waals surface area contributed by atoms with Crippen molar-refractivity contribution in [2.75, 3.05) is 0 Å². The summed E-state index contributed by atoms with van der Waals surface area (Å²) < 4.78 is 12.4. The number of nitrogens with zero attached hydrogens (tertiary/aromatic N) is 1. The molecule has 2 aromatic rings. The number of Topliss-reactive ketones (excluding diaryl/α,β-unsaturated/α-hetero) is 1. The minimum absolute atomic E-state index is 0.139. The first-order valence-corrected chi connectivity index (χ1v) is 10.7. The number of hydrogen-bond acceptors (Lipinski definition) is 5. The van der Waals surface area contributed by atoms with Gasteiger partial charge in [0.05, 0.1) is 0 Å². The average molecular weight is 421 g/mol. The van der Waals surface area contributed by atoms with Gasteiger partial charge in [0.25, 0.3) is 0 Å². The molecule has 0 bridgehead atoms. The molecule has 162 valence electrons. The molecule has 2 heterocycles. The summed E-state index contributed by atoms with van der Waals surface area (Å²) in [6, 6.07) is 18.3. The Kier molecular flexibility index (Phi) is 5.21. The number of unbranched alkanes of at least 4 members (excludes halogenated alkanes) is 1. The van der Waals surface area contributed by atoms with Gasteiger partial charge in [-0.15, -0.1) is 0 Å². The van der Waals surface area contributed by atoms with Gasteiger partial charge in [0.1, 0.15) is 6.42 Å². The van der Waals surface area contributed by atoms with Gasteiger partial charge in [-0.2, -0.15) is 4.74 Å². The van der Waals surface area contributed by atoms with E-state index in [0.29, 0.717) is 28.7 Å². The van der Waals surface area contributed by atoms with Crippen molar-refractivity contribution in [2.24, 2.45) is 0 Å². The molecule has 1 fully saturated rings. The Labute approximate surface area is 182 Å². The van der Waals surface area contributed by atoms with Gasteiger partial charge in [-0.3, -0.25) is 14.3 Å². The average Bonchev–Trinajstić information content (AvgIpc) is 2.90. The summed E-state index contributed by atoms with van der Waals surface area (Å²) in [5.74, 6) is -2.26. The lowest BCUT2D eigenvalue weighted by atomic mass is 9.63. The highest BCUT2D eigenvalue weighted by Gasteiger charge is 2.76. The molecule has 0 amide bonds. The van der Waals surface area contributed by atoms with Crippen molar-refractivity contribution in [3.8, 4) is 0 Å². The zero-order valence-electron chi connectivity index (χ0n) is 18.1. The van der Waals surface area contributed by atoms with Crippen molar-refractivity contribution < 1.29 is 23.8 Å². The van der Waals surface area contributed by atoms with E-state index in [1.807, 2.05) is 67.6 Å². The summed E-state index contributed by atoms with van der Waals surface area (Å²) in [7, 11) is 0. The lowest BCUT2D eigenvalue weighted by Gasteiger charge is -2.47. The standard InChI is InChI=1S/C25H27NO5/c1-4-5-16-20-22(28)25(18-12-8-6-9-13-18,19-14-10-7-11-15-19)24(26(20)29)17-21(27)30-23(2,3)31-24/h6-15H,4-5,16-17H2,1-3H3/t24-/m1/s1. The van der Waals surface area contributed by atoms with Crippen LogP contribution in [-0.2, 0) is 24.5 Å². The number of rotatable bonds is 5. The van der Waals surface area contributed by atoms with Gasteiger partial charge in [-0.25, -0.2) is 0 Å². The van der Waals surface area contributed by atoms with Crippen LogP contribution >= 0.6 is 0 Å². The molecular formula is C25H27NO5. The van der Waals surface area contributed by atoms with Crippen molar-refractivity contribution in [1.82, 2.24) is 0 Å². The van der Waals surface area contributed by atoms with Crippen molar-refractivity contribution in [2.45, 2.75) is 63.4 Å². The minimum Gasteiger partial charge on any atom is -0.621 e. The Balaban J connectivity index is 2.09. The Morgan fingerprint density at radius 2 is 1.52 bits per heavy atom. The summed E-state index contributed by atoms with van der Waals surface area (Å²) in [6.07, 6.45) is 1.48. The van der Waals surface area contributed by atoms with Crippen molar-refractivity contribution in [3.63, 3.8) is 0 Å². The molecule has 1 saturated heterocycles. The first-order chi connectivity index (χ1) is 14.8. The number of ether oxygens (including phenoxy) is 2. The second-order valence-electron chi connectivity index (χ2n) is 8.59. The van der Waals surface area contributed by atoms with Crippen LogP contribution in [0.15, 0.2) is 60.7 Å². The molecule has 31 heavy (non-hydrogen) atoms. The first kappa shape index (κ1) is 21.2. The van der Waals surface area contributed by atoms with Gasteiger partial charge < -0.3 is 9.94 Å². The molecule has 2 aliphatic heterocycles. The third kappa shape index (κ3) is 3.08. The quantitative estimate of drug-likeness (QED) is 0.413. The number of ketones is 1. The number of carbonyl (C=O) groups excluding carboxylic acids is 2. The second-order valence-corrected chi connectivity index (χ2v) is 8.59. The van der Waals surface area contributed by atoms with E-state index in [0.717, 1.165) is 6.42 Å². The van der Waals surface area contributed by atoms with Gasteiger partial charge in [-0.1, -0.05) is 74.0 Å². The Morgan fingerprint density at radius 3 is 2.00 bits per heavy atom. The highest BCUT2D eigenvalue weighted by atomic mass is 16.8. The molecular weight excluding hydrogens is 394 g/mol. The maximum atomic E-state index is 14.2. The van der Waals surface area contributed by atoms with Crippen molar-refractivity contribution in [1.29, 1.82) is 0 Å². The van der Waals surface area contributed by atoms with Gasteiger partial charge >= 0.3 is 11.7 Å². The fourth-order valence-corrected chi connectivity index (χ4v) is 4.96. The monoisotopic (exact) mass is 421 g/mol. The van der Waals surface area contributed by atoms with E-state index in [4.69, 9.17) is 9.47 Å². The largest absolute Gasteiger partial charge is 0.621 e. The van der Waals surface area contributed by atoms with Crippen LogP contribution in [0.3, 0.4) is 0 Å². The number of carbonyl (C=O) groups is 2. The molecule has 6 nitrogen and oxygen atoms in total. The van der Waals surface area contributed by atoms with Crippen LogP contribution in [0.1, 0.15) is 57.6 Å². The van der Waals surface area contributed by atoms with E-state index in [2.05, 4.69) is 0 Å². The van der Waals surface area contributed by atoms with Crippen LogP contribution in [0.4, 0.5) is 0 Å². The summed E-state index contributed by atoms with van der Waals surface area (Å²) in [6.45, 7) is 5.19. The minimum atomic E-state index is -1.78. The number of hydroxylamine groups is 1. The van der Waals surface area contributed by atoms with Crippen LogP contribution < -0.4 is 0 Å². The van der Waals surface area contributed by atoms with Crippen LogP contribution in [0.5, 0.6) is 0 Å². The molecule has 0 saturated carbocycles. The molecule has 0 radical (unpaired) electrons. The van der Waals surface area contributed by atoms with Gasteiger partial charge in [0, 0.05) is 20.3 Å². The topological polar surface area (TPSA) is 78.7 Å². The van der Waals surface area contributed by atoms with Crippen molar-refractivity contribution in [3.05, 3.63) is 77.0 Å². The van der Waals surface area contributed by atoms with Crippen molar-refractivity contribution >= 4 is 17.5 Å². The SMILES string of the molecule is CCCCC1=[N+]([O-])[C@@]2(CC(=O)OC(C)(C)O2)C(c2ccccc2)(c2ccccc2)C1=O. The van der Waals surface area contributed by atoms with Gasteiger partial charge in [0.2, 0.25) is 17.3 Å². The first-order valence-electron chi connectivity index (χ1n) is 10.7. The van der Waals surface area contributed by atoms with Crippen LogP contribution in [0.25, 0.3) is 0 Å². The number of cyclic esters (lactones) is 1. The Bertz CT molecular complexity index is 989. The Morgan fingerprint density at radius 1 is 0.968 bits per heavy atom. The smallest absolute Gasteiger partial charge is 0.318 e. The lowest BCUT2D eigenvalue weighted by molar-refractivity contribution is -0.637. The fraction of sp³-hybridized carbons (Fsp3) is 0.400. The van der Waals surface area contributed by atoms with Gasteiger partial charge in [0.15, 0.2) is 5.41 Å². The normalized spacial score (nSPS) is 24.5. The molecule has 0 unspecified atom stereocenters. The molecule has 2 aliphatic rings. The fourth-order valence-electron chi connectivity index (χ4n) is 4.96. The summed E-state index contributed by atoms with van der Waals surface area (Å²) in [4.78, 5) is 27.0. The van der Waals surface area contributed by atoms with E-state index < -0.39 is 22.9 Å². The van der Waals surface area contributed by atoms with E-state index in [1.165, 1.54) is 0 Å². The molecule has 2 aromatic carbocycles. The molecule has 0 N–H and O–H groups in total. The number of esters is 1. The number of benzene rings is 2. The molecule has 1 atom stereocenters. The highest BCUT2D eigenvalue weighted by Crippen LogP contribution is 2.54. The van der Waals surface area contributed by atoms with E-state index >= 15 is 0 Å². The van der Waals surface area contributed by atoms with Crippen LogP contribution in [0.2, 0.25) is 0 Å². The Hall–Kier alpha value is -2.99. The van der Waals surface area contributed by atoms with E-state index in [-0.39, 0.29) is 17.9 Å². The highest BCUT2D eigenvalue weighted by molar-refractivity contribution is 6.43. The molecule has 6 heteroatoms. The molecule has 1 spiro atoms. The summed E-state index contributed by atoms with van der Waals surface area (Å²) in [5.41, 5.74) is -1.92. The zero-order valence-corrected chi connectivity index (χ0v) is 18.1. The molecule has 0 aromatic heterocycles. The lowest BCUT2D eigenvalue weighted by Crippen LogP contribution is -2.65. The summed E-state index contributed by atoms with van der Waals surface area (Å²) in [5, 5.41) is 13.9. The van der Waals surface area contributed by atoms with Gasteiger partial charge in [-0.05, 0) is 17.5 Å². The summed E-state index contributed by atoms with van der Waals surface area (Å²) >= 11 is 0. The van der Waals surface area contributed by atoms with Crippen LogP contribution in [-0.4, -0.2) is 33.7 Å². The molecule has 0 aliphatic carbocycles. The predicted octanol–water partition coefficient (Wildman–Crippen LogP) is 4.09. The van der Waals surface area contributed by atoms with Crippen LogP contribution in [0, 0.1) is 5.21 Å². The third-order valence-electron chi connectivity index (χ3n) is 6.10. The van der Waals surface area contributed by atoms with E-state index in [9.17, 15) is 14.8 Å². The zero-order chi connectivity index (χ0) is 22.3. The predicted molar refractivity (Wildman–Crippen MR) is 115 cm³/mol. The maximum Gasteiger partial charge on any atom is 0.318 e. The molecule has 4 rings (SSSR count). The maximum absolute atomic E-state index is 14.2. The van der Waals surface area contributed by atoms with E-state index in [1.54, 1.807) is 13.8 Å². The number of hydrogen-bond donors (Lipinski definition) is 0.